The summed E-state index contributed by atoms with van der Waals surface area (Å²) in [7, 11) is 3.54. The van der Waals surface area contributed by atoms with Gasteiger partial charge in [-0.15, -0.1) is 0 Å². The summed E-state index contributed by atoms with van der Waals surface area (Å²) in [6.45, 7) is 0. The van der Waals surface area contributed by atoms with Crippen LogP contribution in [-0.2, 0) is 0 Å². The minimum absolute atomic E-state index is 0.208. The van der Waals surface area contributed by atoms with Crippen LogP contribution in [0.2, 0.25) is 0 Å². The van der Waals surface area contributed by atoms with Crippen LogP contribution in [-0.4, -0.2) is 28.7 Å². The predicted octanol–water partition coefficient (Wildman–Crippen LogP) is 0.317. The third-order valence-electron chi connectivity index (χ3n) is 0.163. The van der Waals surface area contributed by atoms with Gasteiger partial charge in [0.05, 0.1) is 0 Å². The molecule has 3 heteroatoms. The van der Waals surface area contributed by atoms with Gasteiger partial charge in [0.25, 0.3) is 0 Å². The van der Waals surface area contributed by atoms with Crippen LogP contribution in [0.4, 0.5) is 0 Å². The van der Waals surface area contributed by atoms with E-state index in [9.17, 15) is 0 Å². The van der Waals surface area contributed by atoms with Crippen LogP contribution in [0.3, 0.4) is 0 Å². The van der Waals surface area contributed by atoms with E-state index in [0.29, 0.717) is 0 Å². The summed E-state index contributed by atoms with van der Waals surface area (Å²) in [4.78, 5) is 0. The van der Waals surface area contributed by atoms with Crippen LogP contribution in [0.15, 0.2) is 7.92 Å². The van der Waals surface area contributed by atoms with Gasteiger partial charge in [-0.25, -0.2) is 0 Å². The molecule has 0 N–H and O–H groups in total. The van der Waals surface area contributed by atoms with Crippen molar-refractivity contribution in [1.82, 2.24) is 0 Å². The van der Waals surface area contributed by atoms with Crippen molar-refractivity contribution in [3.05, 3.63) is 0 Å². The van der Waals surface area contributed by atoms with Gasteiger partial charge in [0, 0.05) is 0 Å². The fourth-order valence-electron chi connectivity index (χ4n) is 0.0816. The molecule has 2 nitrogen and oxygen atoms in total. The van der Waals surface area contributed by atoms with Gasteiger partial charge in [0.1, 0.15) is 0 Å². The zero-order chi connectivity index (χ0) is 4.12. The van der Waals surface area contributed by atoms with Crippen LogP contribution in [0.1, 0.15) is 0 Å². The molecular weight excluding hydrogens is 131 g/mol. The molecular formula is C2H6N2Se. The fraction of sp³-hybridized carbons (Fsp3) is 1.00. The van der Waals surface area contributed by atoms with Crippen molar-refractivity contribution >= 4 is 14.6 Å². The van der Waals surface area contributed by atoms with E-state index >= 15 is 0 Å². The SMILES string of the molecule is CN=[Se]=NC. The van der Waals surface area contributed by atoms with E-state index in [2.05, 4.69) is 7.92 Å². The van der Waals surface area contributed by atoms with E-state index < -0.39 is 0 Å². The second kappa shape index (κ2) is 4.12. The maximum absolute atomic E-state index is 3.75. The molecule has 0 aliphatic heterocycles. The van der Waals surface area contributed by atoms with Crippen molar-refractivity contribution in [2.75, 3.05) is 14.1 Å². The molecule has 0 aliphatic rings. The first-order valence-corrected chi connectivity index (χ1v) is 2.79. The second-order valence-corrected chi connectivity index (χ2v) is 2.32. The Kier molecular flexibility index (Phi) is 4.22. The molecule has 0 aliphatic carbocycles. The molecule has 0 radical (unpaired) electrons. The molecule has 0 amide bonds. The molecule has 0 aromatic heterocycles. The van der Waals surface area contributed by atoms with Crippen molar-refractivity contribution in [2.45, 2.75) is 0 Å². The Morgan fingerprint density at radius 1 is 1.20 bits per heavy atom. The Morgan fingerprint density at radius 2 is 1.60 bits per heavy atom. The molecule has 0 fully saturated rings. The normalized spacial score (nSPS) is 6.00. The third kappa shape index (κ3) is 4.12. The number of hydrogen-bond acceptors (Lipinski definition) is 2. The van der Waals surface area contributed by atoms with Crippen molar-refractivity contribution in [2.24, 2.45) is 7.92 Å². The van der Waals surface area contributed by atoms with Gasteiger partial charge >= 0.3 is 36.6 Å². The Morgan fingerprint density at radius 3 is 1.60 bits per heavy atom. The van der Waals surface area contributed by atoms with Crippen molar-refractivity contribution in [3.63, 3.8) is 0 Å². The monoisotopic (exact) mass is 138 g/mol. The van der Waals surface area contributed by atoms with E-state index in [0.717, 1.165) is 0 Å². The number of rotatable bonds is 0. The average molecular weight is 137 g/mol. The molecule has 0 atom stereocenters. The van der Waals surface area contributed by atoms with Gasteiger partial charge in [0.2, 0.25) is 0 Å². The summed E-state index contributed by atoms with van der Waals surface area (Å²) in [6, 6.07) is 0. The number of nitrogens with zero attached hydrogens (tertiary/aromatic N) is 2. The summed E-state index contributed by atoms with van der Waals surface area (Å²) < 4.78 is 7.50. The molecule has 0 rings (SSSR count). The average Bonchev–Trinajstić information content (AvgIpc) is 1.41. The molecule has 0 aromatic rings. The van der Waals surface area contributed by atoms with E-state index in [1.165, 1.54) is 0 Å². The minimum atomic E-state index is 0.208. The van der Waals surface area contributed by atoms with Crippen molar-refractivity contribution in [1.29, 1.82) is 0 Å². The van der Waals surface area contributed by atoms with E-state index in [1.807, 2.05) is 0 Å². The standard InChI is InChI=1S/C2H6N2Se/c1-3-5-4-2/h1-2H3. The first-order valence-electron chi connectivity index (χ1n) is 1.26. The molecule has 0 aromatic carbocycles. The van der Waals surface area contributed by atoms with Gasteiger partial charge in [-0.2, -0.15) is 0 Å². The molecule has 0 saturated carbocycles. The first kappa shape index (κ1) is 5.12. The third-order valence-corrected chi connectivity index (χ3v) is 0.849. The summed E-state index contributed by atoms with van der Waals surface area (Å²) in [6.07, 6.45) is 0. The molecule has 0 bridgehead atoms. The summed E-state index contributed by atoms with van der Waals surface area (Å²) in [5.41, 5.74) is 0. The van der Waals surface area contributed by atoms with E-state index in [1.54, 1.807) is 14.1 Å². The Balaban J connectivity index is 3.26. The molecule has 0 heterocycles. The van der Waals surface area contributed by atoms with Gasteiger partial charge in [0.15, 0.2) is 0 Å². The molecule has 5 heavy (non-hydrogen) atoms. The first-order chi connectivity index (χ1) is 2.41. The molecule has 30 valence electrons. The van der Waals surface area contributed by atoms with Crippen LogP contribution in [0.25, 0.3) is 0 Å². The molecule has 0 unspecified atom stereocenters. The van der Waals surface area contributed by atoms with Crippen LogP contribution in [0.5, 0.6) is 0 Å². The summed E-state index contributed by atoms with van der Waals surface area (Å²) in [5.74, 6) is 0. The second-order valence-electron chi connectivity index (χ2n) is 0.447. The predicted molar refractivity (Wildman–Crippen MR) is 22.5 cm³/mol. The number of hydrogen-bond donors (Lipinski definition) is 0. The maximum atomic E-state index is 3.75. The molecule has 0 spiro atoms. The Labute approximate surface area is 37.3 Å². The van der Waals surface area contributed by atoms with Crippen molar-refractivity contribution < 1.29 is 0 Å². The van der Waals surface area contributed by atoms with Crippen molar-refractivity contribution in [3.8, 4) is 0 Å². The fourth-order valence-corrected chi connectivity index (χ4v) is 0.424. The zero-order valence-electron chi connectivity index (χ0n) is 3.30. The Bertz CT molecular complexity index is 56.0. The van der Waals surface area contributed by atoms with Gasteiger partial charge in [-0.3, -0.25) is 0 Å². The zero-order valence-corrected chi connectivity index (χ0v) is 5.02. The molecule has 0 saturated heterocycles. The van der Waals surface area contributed by atoms with Gasteiger partial charge in [-0.05, 0) is 0 Å². The van der Waals surface area contributed by atoms with Crippen LogP contribution in [0, 0.1) is 0 Å². The van der Waals surface area contributed by atoms with E-state index in [4.69, 9.17) is 0 Å². The quantitative estimate of drug-likeness (QED) is 0.429. The van der Waals surface area contributed by atoms with E-state index in [-0.39, 0.29) is 14.6 Å². The Hall–Kier alpha value is 0.119. The van der Waals surface area contributed by atoms with Crippen LogP contribution >= 0.6 is 0 Å². The van der Waals surface area contributed by atoms with Crippen LogP contribution < -0.4 is 0 Å². The van der Waals surface area contributed by atoms with Gasteiger partial charge in [-0.1, -0.05) is 0 Å². The summed E-state index contributed by atoms with van der Waals surface area (Å²) >= 11 is 0.208. The van der Waals surface area contributed by atoms with Gasteiger partial charge < -0.3 is 0 Å². The topological polar surface area (TPSA) is 24.7 Å². The summed E-state index contributed by atoms with van der Waals surface area (Å²) in [5, 5.41) is 0.